The van der Waals surface area contributed by atoms with Crippen molar-refractivity contribution in [3.8, 4) is 10.6 Å². The third-order valence-corrected chi connectivity index (χ3v) is 7.51. The number of para-hydroxylation sites is 1. The van der Waals surface area contributed by atoms with Crippen molar-refractivity contribution >= 4 is 38.1 Å². The zero-order valence-electron chi connectivity index (χ0n) is 17.2. The summed E-state index contributed by atoms with van der Waals surface area (Å²) in [7, 11) is -3.75. The molecule has 0 radical (unpaired) electrons. The van der Waals surface area contributed by atoms with Gasteiger partial charge in [0.25, 0.3) is 15.9 Å². The topological polar surface area (TPSA) is 92.3 Å². The van der Waals surface area contributed by atoms with Gasteiger partial charge >= 0.3 is 0 Å². The summed E-state index contributed by atoms with van der Waals surface area (Å²) in [5.74, 6) is -0.389. The van der Waals surface area contributed by atoms with E-state index in [1.807, 2.05) is 36.4 Å². The molecule has 0 aliphatic heterocycles. The lowest BCUT2D eigenvalue weighted by molar-refractivity contribution is 0.102. The van der Waals surface area contributed by atoms with Crippen LogP contribution in [-0.2, 0) is 10.0 Å². The summed E-state index contributed by atoms with van der Waals surface area (Å²) in [4.78, 5) is 12.7. The third-order valence-electron chi connectivity index (χ3n) is 4.70. The molecule has 4 aromatic rings. The Morgan fingerprint density at radius 1 is 0.906 bits per heavy atom. The molecule has 1 N–H and O–H groups in total. The van der Waals surface area contributed by atoms with Gasteiger partial charge in [-0.05, 0) is 43.3 Å². The Morgan fingerprint density at radius 2 is 1.53 bits per heavy atom. The van der Waals surface area contributed by atoms with E-state index in [1.165, 1.54) is 39.9 Å². The maximum atomic E-state index is 13.1. The minimum Gasteiger partial charge on any atom is -0.296 e. The molecule has 0 atom stereocenters. The fourth-order valence-corrected chi connectivity index (χ4v) is 5.35. The summed E-state index contributed by atoms with van der Waals surface area (Å²) in [5, 5.41) is 11.9. The normalized spacial score (nSPS) is 11.2. The molecule has 0 aliphatic carbocycles. The first-order chi connectivity index (χ1) is 15.5. The van der Waals surface area contributed by atoms with Crippen molar-refractivity contribution < 1.29 is 13.2 Å². The molecule has 3 aromatic carbocycles. The van der Waals surface area contributed by atoms with Crippen molar-refractivity contribution in [2.75, 3.05) is 16.2 Å². The second-order valence-electron chi connectivity index (χ2n) is 6.76. The van der Waals surface area contributed by atoms with Crippen LogP contribution in [0.5, 0.6) is 0 Å². The largest absolute Gasteiger partial charge is 0.296 e. The Morgan fingerprint density at radius 3 is 2.16 bits per heavy atom. The number of benzene rings is 3. The molecule has 4 rings (SSSR count). The van der Waals surface area contributed by atoms with Crippen LogP contribution in [0.25, 0.3) is 10.6 Å². The van der Waals surface area contributed by atoms with Crippen molar-refractivity contribution in [2.45, 2.75) is 11.8 Å². The number of carbonyl (C=O) groups excluding carboxylic acids is 1. The van der Waals surface area contributed by atoms with E-state index >= 15 is 0 Å². The molecule has 0 spiro atoms. The first kappa shape index (κ1) is 21.7. The molecule has 7 nitrogen and oxygen atoms in total. The van der Waals surface area contributed by atoms with Gasteiger partial charge in [-0.25, -0.2) is 8.42 Å². The van der Waals surface area contributed by atoms with Gasteiger partial charge < -0.3 is 0 Å². The Labute approximate surface area is 190 Å². The van der Waals surface area contributed by atoms with Crippen LogP contribution in [0, 0.1) is 0 Å². The van der Waals surface area contributed by atoms with Gasteiger partial charge in [0.05, 0.1) is 10.6 Å². The molecular formula is C23H20N4O3S2. The predicted molar refractivity (Wildman–Crippen MR) is 126 cm³/mol. The fraction of sp³-hybridized carbons (Fsp3) is 0.0870. The van der Waals surface area contributed by atoms with E-state index in [9.17, 15) is 13.2 Å². The molecule has 1 aromatic heterocycles. The quantitative estimate of drug-likeness (QED) is 0.429. The van der Waals surface area contributed by atoms with Crippen molar-refractivity contribution in [1.82, 2.24) is 10.2 Å². The number of nitrogens with zero attached hydrogens (tertiary/aromatic N) is 3. The highest BCUT2D eigenvalue weighted by molar-refractivity contribution is 7.92. The maximum Gasteiger partial charge on any atom is 0.264 e. The lowest BCUT2D eigenvalue weighted by Gasteiger charge is -2.22. The van der Waals surface area contributed by atoms with E-state index in [0.29, 0.717) is 21.4 Å². The summed E-state index contributed by atoms with van der Waals surface area (Å²) >= 11 is 1.26. The number of aromatic nitrogens is 2. The Balaban J connectivity index is 1.50. The average molecular weight is 465 g/mol. The molecule has 0 bridgehead atoms. The number of amides is 1. The Kier molecular flexibility index (Phi) is 6.29. The minimum absolute atomic E-state index is 0.113. The van der Waals surface area contributed by atoms with Crippen LogP contribution < -0.4 is 9.62 Å². The van der Waals surface area contributed by atoms with Gasteiger partial charge in [-0.3, -0.25) is 14.4 Å². The summed E-state index contributed by atoms with van der Waals surface area (Å²) in [5.41, 5.74) is 1.82. The number of rotatable bonds is 7. The van der Waals surface area contributed by atoms with Gasteiger partial charge in [-0.2, -0.15) is 0 Å². The minimum atomic E-state index is -3.75. The standard InChI is InChI=1S/C23H20N4O3S2/c1-2-27(19-11-7-4-8-12-19)32(29,30)20-15-13-17(14-16-20)21(28)24-23-26-25-22(31-23)18-9-5-3-6-10-18/h3-16H,2H2,1H3,(H,24,26,28). The molecule has 32 heavy (non-hydrogen) atoms. The van der Waals surface area contributed by atoms with Crippen molar-refractivity contribution in [3.63, 3.8) is 0 Å². The van der Waals surface area contributed by atoms with E-state index in [0.717, 1.165) is 5.56 Å². The average Bonchev–Trinajstić information content (AvgIpc) is 3.29. The zero-order chi connectivity index (χ0) is 22.6. The van der Waals surface area contributed by atoms with E-state index in [2.05, 4.69) is 15.5 Å². The van der Waals surface area contributed by atoms with Crippen molar-refractivity contribution in [3.05, 3.63) is 90.5 Å². The molecule has 9 heteroatoms. The van der Waals surface area contributed by atoms with Crippen molar-refractivity contribution in [2.24, 2.45) is 0 Å². The van der Waals surface area contributed by atoms with E-state index < -0.39 is 10.0 Å². The Hall–Kier alpha value is -3.56. The number of sulfonamides is 1. The maximum absolute atomic E-state index is 13.1. The molecule has 1 heterocycles. The first-order valence-electron chi connectivity index (χ1n) is 9.87. The Bertz CT molecular complexity index is 1310. The van der Waals surface area contributed by atoms with Crippen LogP contribution in [0.2, 0.25) is 0 Å². The van der Waals surface area contributed by atoms with E-state index in [-0.39, 0.29) is 17.3 Å². The number of carbonyl (C=O) groups is 1. The molecule has 0 saturated carbocycles. The van der Waals surface area contributed by atoms with Gasteiger partial charge in [0.1, 0.15) is 5.01 Å². The van der Waals surface area contributed by atoms with E-state index in [1.54, 1.807) is 31.2 Å². The first-order valence-corrected chi connectivity index (χ1v) is 12.1. The SMILES string of the molecule is CCN(c1ccccc1)S(=O)(=O)c1ccc(C(=O)Nc2nnc(-c3ccccc3)s2)cc1. The lowest BCUT2D eigenvalue weighted by Crippen LogP contribution is -2.30. The molecule has 0 unspecified atom stereocenters. The van der Waals surface area contributed by atoms with Crippen LogP contribution in [0.4, 0.5) is 10.8 Å². The molecule has 1 amide bonds. The highest BCUT2D eigenvalue weighted by atomic mass is 32.2. The lowest BCUT2D eigenvalue weighted by atomic mass is 10.2. The highest BCUT2D eigenvalue weighted by Crippen LogP contribution is 2.27. The number of anilines is 2. The van der Waals surface area contributed by atoms with Crippen LogP contribution in [0.3, 0.4) is 0 Å². The number of hydrogen-bond acceptors (Lipinski definition) is 6. The monoisotopic (exact) mass is 464 g/mol. The van der Waals surface area contributed by atoms with Gasteiger partial charge in [0.2, 0.25) is 5.13 Å². The fourth-order valence-electron chi connectivity index (χ4n) is 3.13. The zero-order valence-corrected chi connectivity index (χ0v) is 18.8. The van der Waals surface area contributed by atoms with Crippen LogP contribution in [-0.4, -0.2) is 31.1 Å². The van der Waals surface area contributed by atoms with Gasteiger partial charge in [-0.15, -0.1) is 10.2 Å². The van der Waals surface area contributed by atoms with Crippen LogP contribution >= 0.6 is 11.3 Å². The smallest absolute Gasteiger partial charge is 0.264 e. The molecule has 0 saturated heterocycles. The summed E-state index contributed by atoms with van der Waals surface area (Å²) in [6, 6.07) is 24.3. The second-order valence-corrected chi connectivity index (χ2v) is 9.60. The van der Waals surface area contributed by atoms with Gasteiger partial charge in [0.15, 0.2) is 0 Å². The van der Waals surface area contributed by atoms with Crippen LogP contribution in [0.1, 0.15) is 17.3 Å². The molecule has 0 fully saturated rings. The molecular weight excluding hydrogens is 444 g/mol. The predicted octanol–water partition coefficient (Wildman–Crippen LogP) is 4.67. The van der Waals surface area contributed by atoms with Gasteiger partial charge in [-0.1, -0.05) is 59.9 Å². The number of nitrogens with one attached hydrogen (secondary N) is 1. The summed E-state index contributed by atoms with van der Waals surface area (Å²) in [6.07, 6.45) is 0. The number of hydrogen-bond donors (Lipinski definition) is 1. The second kappa shape index (κ2) is 9.29. The van der Waals surface area contributed by atoms with Crippen LogP contribution in [0.15, 0.2) is 89.8 Å². The van der Waals surface area contributed by atoms with E-state index in [4.69, 9.17) is 0 Å². The third kappa shape index (κ3) is 4.53. The molecule has 162 valence electrons. The van der Waals surface area contributed by atoms with Crippen molar-refractivity contribution in [1.29, 1.82) is 0 Å². The highest BCUT2D eigenvalue weighted by Gasteiger charge is 2.23. The molecule has 0 aliphatic rings. The summed E-state index contributed by atoms with van der Waals surface area (Å²) < 4.78 is 27.5. The summed E-state index contributed by atoms with van der Waals surface area (Å²) in [6.45, 7) is 2.06. The van der Waals surface area contributed by atoms with Gasteiger partial charge in [0, 0.05) is 17.7 Å².